The molecule has 0 unspecified atom stereocenters. The van der Waals surface area contributed by atoms with E-state index in [0.717, 1.165) is 11.3 Å². The van der Waals surface area contributed by atoms with Gasteiger partial charge in [0.15, 0.2) is 0 Å². The molecule has 0 saturated carbocycles. The van der Waals surface area contributed by atoms with E-state index in [4.69, 9.17) is 22.1 Å². The first-order valence-electron chi connectivity index (χ1n) is 5.80. The first kappa shape index (κ1) is 12.8. The van der Waals surface area contributed by atoms with E-state index >= 15 is 0 Å². The fraction of sp³-hybridized carbons (Fsp3) is 0.200. The maximum Gasteiger partial charge on any atom is 0.120 e. The van der Waals surface area contributed by atoms with Gasteiger partial charge in [0.1, 0.15) is 12.4 Å². The van der Waals surface area contributed by atoms with Crippen LogP contribution >= 0.6 is 11.6 Å². The zero-order chi connectivity index (χ0) is 13.1. The Labute approximate surface area is 112 Å². The molecule has 0 radical (unpaired) electrons. The number of rotatable bonds is 3. The van der Waals surface area contributed by atoms with E-state index in [2.05, 4.69) is 13.8 Å². The number of anilines is 1. The van der Waals surface area contributed by atoms with Gasteiger partial charge in [-0.3, -0.25) is 0 Å². The molecule has 0 amide bonds. The molecular weight excluding hydrogens is 246 g/mol. The Morgan fingerprint density at radius 1 is 1.06 bits per heavy atom. The van der Waals surface area contributed by atoms with Crippen molar-refractivity contribution < 1.29 is 4.74 Å². The zero-order valence-corrected chi connectivity index (χ0v) is 11.3. The topological polar surface area (TPSA) is 35.2 Å². The minimum atomic E-state index is 0.425. The molecule has 0 aliphatic rings. The number of nitrogen functional groups attached to an aromatic ring is 1. The Kier molecular flexibility index (Phi) is 3.78. The van der Waals surface area contributed by atoms with Crippen molar-refractivity contribution in [3.63, 3.8) is 0 Å². The molecular formula is C15H16ClNO. The fourth-order valence-electron chi connectivity index (χ4n) is 1.66. The highest BCUT2D eigenvalue weighted by Gasteiger charge is 2.02. The van der Waals surface area contributed by atoms with E-state index in [0.29, 0.717) is 17.3 Å². The van der Waals surface area contributed by atoms with Gasteiger partial charge in [-0.25, -0.2) is 0 Å². The summed E-state index contributed by atoms with van der Waals surface area (Å²) in [7, 11) is 0. The molecule has 2 aromatic carbocycles. The number of hydrogen-bond donors (Lipinski definition) is 1. The second-order valence-electron chi connectivity index (χ2n) is 4.38. The predicted molar refractivity (Wildman–Crippen MR) is 76.1 cm³/mol. The largest absolute Gasteiger partial charge is 0.489 e. The highest BCUT2D eigenvalue weighted by Crippen LogP contribution is 2.21. The van der Waals surface area contributed by atoms with Crippen molar-refractivity contribution in [1.29, 1.82) is 0 Å². The summed E-state index contributed by atoms with van der Waals surface area (Å²) >= 11 is 5.93. The maximum atomic E-state index is 5.93. The van der Waals surface area contributed by atoms with E-state index in [1.54, 1.807) is 12.1 Å². The highest BCUT2D eigenvalue weighted by molar-refractivity contribution is 6.30. The van der Waals surface area contributed by atoms with E-state index in [1.807, 2.05) is 24.3 Å². The molecule has 2 nitrogen and oxygen atoms in total. The summed E-state index contributed by atoms with van der Waals surface area (Å²) in [5, 5.41) is 0.669. The average Bonchev–Trinajstić information content (AvgIpc) is 2.34. The summed E-state index contributed by atoms with van der Waals surface area (Å²) < 4.78 is 5.73. The Morgan fingerprint density at radius 2 is 1.83 bits per heavy atom. The molecule has 0 saturated heterocycles. The summed E-state index contributed by atoms with van der Waals surface area (Å²) in [5.41, 5.74) is 9.94. The smallest absolute Gasteiger partial charge is 0.120 e. The van der Waals surface area contributed by atoms with Crippen LogP contribution in [0.3, 0.4) is 0 Å². The van der Waals surface area contributed by atoms with Crippen molar-refractivity contribution in [1.82, 2.24) is 0 Å². The minimum absolute atomic E-state index is 0.425. The van der Waals surface area contributed by atoms with Gasteiger partial charge in [0.05, 0.1) is 0 Å². The average molecular weight is 262 g/mol. The van der Waals surface area contributed by atoms with Crippen molar-refractivity contribution in [2.24, 2.45) is 0 Å². The Bertz CT molecular complexity index is 566. The van der Waals surface area contributed by atoms with Gasteiger partial charge < -0.3 is 10.5 Å². The molecule has 18 heavy (non-hydrogen) atoms. The molecule has 0 spiro atoms. The van der Waals surface area contributed by atoms with Crippen LogP contribution < -0.4 is 10.5 Å². The van der Waals surface area contributed by atoms with Crippen LogP contribution in [-0.2, 0) is 6.61 Å². The van der Waals surface area contributed by atoms with E-state index in [-0.39, 0.29) is 0 Å². The predicted octanol–water partition coefficient (Wildman–Crippen LogP) is 4.12. The third-order valence-corrected chi connectivity index (χ3v) is 3.21. The lowest BCUT2D eigenvalue weighted by atomic mass is 10.1. The van der Waals surface area contributed by atoms with Gasteiger partial charge >= 0.3 is 0 Å². The van der Waals surface area contributed by atoms with Crippen LogP contribution in [0.25, 0.3) is 0 Å². The van der Waals surface area contributed by atoms with Crippen LogP contribution in [0.2, 0.25) is 5.02 Å². The molecule has 94 valence electrons. The number of nitrogens with two attached hydrogens (primary N) is 1. The van der Waals surface area contributed by atoms with Crippen LogP contribution in [0.15, 0.2) is 36.4 Å². The van der Waals surface area contributed by atoms with Crippen LogP contribution in [0.1, 0.15) is 16.7 Å². The number of ether oxygens (including phenoxy) is 1. The second-order valence-corrected chi connectivity index (χ2v) is 4.81. The fourth-order valence-corrected chi connectivity index (χ4v) is 1.86. The van der Waals surface area contributed by atoms with Crippen molar-refractivity contribution >= 4 is 17.3 Å². The summed E-state index contributed by atoms with van der Waals surface area (Å²) in [4.78, 5) is 0. The van der Waals surface area contributed by atoms with Gasteiger partial charge in [0, 0.05) is 16.3 Å². The van der Waals surface area contributed by atoms with Crippen LogP contribution in [0.4, 0.5) is 5.69 Å². The lowest BCUT2D eigenvalue weighted by Gasteiger charge is -2.10. The second kappa shape index (κ2) is 5.32. The van der Waals surface area contributed by atoms with Gasteiger partial charge in [-0.05, 0) is 55.3 Å². The molecule has 0 atom stereocenters. The Morgan fingerprint density at radius 3 is 2.56 bits per heavy atom. The molecule has 0 fully saturated rings. The van der Waals surface area contributed by atoms with Crippen LogP contribution in [-0.4, -0.2) is 0 Å². The van der Waals surface area contributed by atoms with E-state index in [1.165, 1.54) is 11.1 Å². The lowest BCUT2D eigenvalue weighted by molar-refractivity contribution is 0.306. The number of aryl methyl sites for hydroxylation is 2. The number of hydrogen-bond acceptors (Lipinski definition) is 2. The van der Waals surface area contributed by atoms with Gasteiger partial charge in [0.25, 0.3) is 0 Å². The summed E-state index contributed by atoms with van der Waals surface area (Å²) in [5.74, 6) is 0.845. The third kappa shape index (κ3) is 2.96. The molecule has 0 aliphatic carbocycles. The summed E-state index contributed by atoms with van der Waals surface area (Å²) in [6.45, 7) is 4.57. The SMILES string of the molecule is Cc1ccc(OCc2cc(Cl)ccc2N)cc1C. The van der Waals surface area contributed by atoms with Crippen LogP contribution in [0.5, 0.6) is 5.75 Å². The lowest BCUT2D eigenvalue weighted by Crippen LogP contribution is -2.00. The quantitative estimate of drug-likeness (QED) is 0.844. The molecule has 0 aliphatic heterocycles. The molecule has 0 bridgehead atoms. The standard InChI is InChI=1S/C15H16ClNO/c1-10-3-5-14(7-11(10)2)18-9-12-8-13(16)4-6-15(12)17/h3-8H,9,17H2,1-2H3. The van der Waals surface area contributed by atoms with E-state index < -0.39 is 0 Å². The molecule has 0 aromatic heterocycles. The normalized spacial score (nSPS) is 10.4. The third-order valence-electron chi connectivity index (χ3n) is 2.98. The molecule has 2 N–H and O–H groups in total. The van der Waals surface area contributed by atoms with Gasteiger partial charge in [0.2, 0.25) is 0 Å². The number of benzene rings is 2. The van der Waals surface area contributed by atoms with Crippen molar-refractivity contribution in [3.8, 4) is 5.75 Å². The molecule has 3 heteroatoms. The van der Waals surface area contributed by atoms with E-state index in [9.17, 15) is 0 Å². The Hall–Kier alpha value is -1.67. The van der Waals surface area contributed by atoms with Crippen molar-refractivity contribution in [2.75, 3.05) is 5.73 Å². The zero-order valence-electron chi connectivity index (χ0n) is 10.5. The van der Waals surface area contributed by atoms with Gasteiger partial charge in [-0.1, -0.05) is 17.7 Å². The van der Waals surface area contributed by atoms with Gasteiger partial charge in [-0.15, -0.1) is 0 Å². The molecule has 0 heterocycles. The monoisotopic (exact) mass is 261 g/mol. The Balaban J connectivity index is 2.11. The first-order valence-corrected chi connectivity index (χ1v) is 6.18. The van der Waals surface area contributed by atoms with Crippen molar-refractivity contribution in [3.05, 3.63) is 58.1 Å². The highest BCUT2D eigenvalue weighted by atomic mass is 35.5. The maximum absolute atomic E-state index is 5.93. The summed E-state index contributed by atoms with van der Waals surface area (Å²) in [6.07, 6.45) is 0. The molecule has 2 aromatic rings. The summed E-state index contributed by atoms with van der Waals surface area (Å²) in [6, 6.07) is 11.4. The van der Waals surface area contributed by atoms with Gasteiger partial charge in [-0.2, -0.15) is 0 Å². The first-order chi connectivity index (χ1) is 8.56. The van der Waals surface area contributed by atoms with Crippen molar-refractivity contribution in [2.45, 2.75) is 20.5 Å². The molecule has 2 rings (SSSR count). The minimum Gasteiger partial charge on any atom is -0.489 e. The van der Waals surface area contributed by atoms with Crippen LogP contribution in [0, 0.1) is 13.8 Å². The number of halogens is 1.